The molecule has 0 saturated carbocycles. The lowest BCUT2D eigenvalue weighted by Crippen LogP contribution is -2.32. The van der Waals surface area contributed by atoms with Crippen LogP contribution in [0.4, 0.5) is 5.69 Å². The van der Waals surface area contributed by atoms with Gasteiger partial charge in [-0.25, -0.2) is 0 Å². The number of hydrogen-bond donors (Lipinski definition) is 2. The highest BCUT2D eigenvalue weighted by Gasteiger charge is 2.12. The second-order valence-electron chi connectivity index (χ2n) is 5.73. The van der Waals surface area contributed by atoms with Gasteiger partial charge in [-0.3, -0.25) is 9.59 Å². The summed E-state index contributed by atoms with van der Waals surface area (Å²) in [5.41, 5.74) is 0.631. The fraction of sp³-hybridized carbons (Fsp3) is 0.368. The quantitative estimate of drug-likeness (QED) is 0.596. The Morgan fingerprint density at radius 2 is 1.81 bits per heavy atom. The Kier molecular flexibility index (Phi) is 8.35. The maximum Gasteiger partial charge on any atom is 0.287 e. The van der Waals surface area contributed by atoms with E-state index in [0.29, 0.717) is 17.0 Å². The fourth-order valence-electron chi connectivity index (χ4n) is 2.36. The van der Waals surface area contributed by atoms with Crippen molar-refractivity contribution in [1.29, 1.82) is 0 Å². The van der Waals surface area contributed by atoms with Gasteiger partial charge in [0.2, 0.25) is 5.91 Å². The summed E-state index contributed by atoms with van der Waals surface area (Å²) in [4.78, 5) is 26.1. The standard InChI is InChI=1S/C19H24BrN3O4/c1-3-23(4-2)11-12-26-15-7-5-14(6-8-15)22-18(24)13-21-19(25)16-9-10-17(20)27-16/h5-10H,3-4,11-13H2,1-2H3,(H,21,25)(H,22,24). The van der Waals surface area contributed by atoms with Crippen LogP contribution in [0.3, 0.4) is 0 Å². The van der Waals surface area contributed by atoms with Crippen molar-refractivity contribution in [3.63, 3.8) is 0 Å². The lowest BCUT2D eigenvalue weighted by Gasteiger charge is -2.18. The summed E-state index contributed by atoms with van der Waals surface area (Å²) >= 11 is 3.12. The number of benzene rings is 1. The second-order valence-corrected chi connectivity index (χ2v) is 6.52. The zero-order valence-electron chi connectivity index (χ0n) is 15.5. The summed E-state index contributed by atoms with van der Waals surface area (Å²) < 4.78 is 11.3. The van der Waals surface area contributed by atoms with E-state index >= 15 is 0 Å². The number of halogens is 1. The topological polar surface area (TPSA) is 83.8 Å². The molecule has 1 aromatic heterocycles. The molecule has 2 aromatic rings. The molecule has 27 heavy (non-hydrogen) atoms. The third-order valence-corrected chi connectivity index (χ3v) is 4.34. The van der Waals surface area contributed by atoms with Gasteiger partial charge in [-0.2, -0.15) is 0 Å². The van der Waals surface area contributed by atoms with Crippen LogP contribution in [0, 0.1) is 0 Å². The number of nitrogens with one attached hydrogen (secondary N) is 2. The Morgan fingerprint density at radius 3 is 2.41 bits per heavy atom. The maximum atomic E-state index is 11.9. The third kappa shape index (κ3) is 7.07. The average molecular weight is 438 g/mol. The molecule has 1 aromatic carbocycles. The van der Waals surface area contributed by atoms with E-state index in [0.717, 1.165) is 25.4 Å². The number of likely N-dealkylation sites (N-methyl/N-ethyl adjacent to an activating group) is 1. The van der Waals surface area contributed by atoms with Crippen molar-refractivity contribution in [3.05, 3.63) is 46.8 Å². The smallest absolute Gasteiger partial charge is 0.287 e. The number of ether oxygens (including phenoxy) is 1. The fourth-order valence-corrected chi connectivity index (χ4v) is 2.66. The first-order valence-electron chi connectivity index (χ1n) is 8.80. The molecular formula is C19H24BrN3O4. The summed E-state index contributed by atoms with van der Waals surface area (Å²) in [6.45, 7) is 7.57. The van der Waals surface area contributed by atoms with E-state index < -0.39 is 5.91 Å². The minimum Gasteiger partial charge on any atom is -0.492 e. The van der Waals surface area contributed by atoms with Crippen LogP contribution >= 0.6 is 15.9 Å². The first kappa shape index (κ1) is 21.0. The van der Waals surface area contributed by atoms with Gasteiger partial charge in [-0.1, -0.05) is 13.8 Å². The van der Waals surface area contributed by atoms with Gasteiger partial charge < -0.3 is 24.7 Å². The van der Waals surface area contributed by atoms with Crippen LogP contribution in [0.2, 0.25) is 0 Å². The molecule has 0 aliphatic rings. The molecule has 2 amide bonds. The van der Waals surface area contributed by atoms with Crippen LogP contribution in [-0.2, 0) is 4.79 Å². The molecule has 0 saturated heterocycles. The number of amides is 2. The molecule has 1 heterocycles. The molecule has 0 aliphatic carbocycles. The van der Waals surface area contributed by atoms with Gasteiger partial charge in [0, 0.05) is 12.2 Å². The molecule has 0 fully saturated rings. The van der Waals surface area contributed by atoms with E-state index in [1.165, 1.54) is 6.07 Å². The van der Waals surface area contributed by atoms with Crippen LogP contribution in [0.1, 0.15) is 24.4 Å². The lowest BCUT2D eigenvalue weighted by atomic mass is 10.3. The van der Waals surface area contributed by atoms with E-state index in [2.05, 4.69) is 45.3 Å². The van der Waals surface area contributed by atoms with Crippen molar-refractivity contribution in [2.75, 3.05) is 38.1 Å². The molecule has 0 unspecified atom stereocenters. The van der Waals surface area contributed by atoms with Crippen LogP contribution in [0.15, 0.2) is 45.5 Å². The number of carbonyl (C=O) groups is 2. The predicted octanol–water partition coefficient (Wildman–Crippen LogP) is 3.13. The normalized spacial score (nSPS) is 10.7. The molecular weight excluding hydrogens is 414 g/mol. The van der Waals surface area contributed by atoms with E-state index in [9.17, 15) is 9.59 Å². The summed E-state index contributed by atoms with van der Waals surface area (Å²) in [7, 11) is 0. The lowest BCUT2D eigenvalue weighted by molar-refractivity contribution is -0.115. The number of furan rings is 1. The Labute approximate surface area is 167 Å². The minimum atomic E-state index is -0.451. The Hall–Kier alpha value is -2.32. The first-order valence-corrected chi connectivity index (χ1v) is 9.59. The average Bonchev–Trinajstić information content (AvgIpc) is 3.11. The predicted molar refractivity (Wildman–Crippen MR) is 107 cm³/mol. The van der Waals surface area contributed by atoms with Crippen molar-refractivity contribution >= 4 is 33.4 Å². The number of hydrogen-bond acceptors (Lipinski definition) is 5. The molecule has 0 spiro atoms. The van der Waals surface area contributed by atoms with Gasteiger partial charge >= 0.3 is 0 Å². The van der Waals surface area contributed by atoms with Gasteiger partial charge in [0.25, 0.3) is 5.91 Å². The zero-order valence-corrected chi connectivity index (χ0v) is 17.0. The maximum absolute atomic E-state index is 11.9. The number of rotatable bonds is 10. The molecule has 0 aliphatic heterocycles. The van der Waals surface area contributed by atoms with Crippen LogP contribution in [0.25, 0.3) is 0 Å². The van der Waals surface area contributed by atoms with Gasteiger partial charge in [0.15, 0.2) is 10.4 Å². The summed E-state index contributed by atoms with van der Waals surface area (Å²) in [6.07, 6.45) is 0. The largest absolute Gasteiger partial charge is 0.492 e. The Morgan fingerprint density at radius 1 is 1.11 bits per heavy atom. The molecule has 0 atom stereocenters. The van der Waals surface area contributed by atoms with Gasteiger partial charge in [0.1, 0.15) is 12.4 Å². The van der Waals surface area contributed by atoms with Crippen molar-refractivity contribution in [2.45, 2.75) is 13.8 Å². The molecule has 8 heteroatoms. The summed E-state index contributed by atoms with van der Waals surface area (Å²) in [5.74, 6) is 0.106. The van der Waals surface area contributed by atoms with Crippen LogP contribution in [-0.4, -0.2) is 49.5 Å². The van der Waals surface area contributed by atoms with Gasteiger partial charge in [-0.15, -0.1) is 0 Å². The monoisotopic (exact) mass is 437 g/mol. The second kappa shape index (κ2) is 10.7. The molecule has 2 N–H and O–H groups in total. The highest BCUT2D eigenvalue weighted by Crippen LogP contribution is 2.16. The van der Waals surface area contributed by atoms with E-state index in [1.54, 1.807) is 30.3 Å². The number of nitrogens with zero attached hydrogens (tertiary/aromatic N) is 1. The molecule has 0 radical (unpaired) electrons. The van der Waals surface area contributed by atoms with Crippen LogP contribution < -0.4 is 15.4 Å². The first-order chi connectivity index (χ1) is 13.0. The SMILES string of the molecule is CCN(CC)CCOc1ccc(NC(=O)CNC(=O)c2ccc(Br)o2)cc1. The van der Waals surface area contributed by atoms with E-state index in [1.807, 2.05) is 0 Å². The van der Waals surface area contributed by atoms with Gasteiger partial charge in [-0.05, 0) is 65.4 Å². The summed E-state index contributed by atoms with van der Waals surface area (Å²) in [5, 5.41) is 5.21. The minimum absolute atomic E-state index is 0.140. The van der Waals surface area contributed by atoms with Crippen LogP contribution in [0.5, 0.6) is 5.75 Å². The highest BCUT2D eigenvalue weighted by molar-refractivity contribution is 9.10. The van der Waals surface area contributed by atoms with Gasteiger partial charge in [0.05, 0.1) is 6.54 Å². The Bertz CT molecular complexity index is 742. The molecule has 0 bridgehead atoms. The summed E-state index contributed by atoms with van der Waals surface area (Å²) in [6, 6.07) is 10.3. The van der Waals surface area contributed by atoms with Crippen molar-refractivity contribution in [1.82, 2.24) is 10.2 Å². The molecule has 146 valence electrons. The van der Waals surface area contributed by atoms with Crippen molar-refractivity contribution in [2.24, 2.45) is 0 Å². The van der Waals surface area contributed by atoms with Crippen molar-refractivity contribution in [3.8, 4) is 5.75 Å². The van der Waals surface area contributed by atoms with E-state index in [-0.39, 0.29) is 18.2 Å². The Balaban J connectivity index is 1.73. The third-order valence-electron chi connectivity index (χ3n) is 3.92. The number of carbonyl (C=O) groups excluding carboxylic acids is 2. The highest BCUT2D eigenvalue weighted by atomic mass is 79.9. The van der Waals surface area contributed by atoms with Crippen molar-refractivity contribution < 1.29 is 18.7 Å². The number of anilines is 1. The van der Waals surface area contributed by atoms with E-state index in [4.69, 9.17) is 9.15 Å². The molecule has 2 rings (SSSR count). The zero-order chi connectivity index (χ0) is 19.6. The molecule has 7 nitrogen and oxygen atoms in total.